The molecule has 0 radical (unpaired) electrons. The fourth-order valence-corrected chi connectivity index (χ4v) is 1.90. The van der Waals surface area contributed by atoms with Crippen molar-refractivity contribution in [3.63, 3.8) is 0 Å². The van der Waals surface area contributed by atoms with Crippen molar-refractivity contribution in [2.45, 2.75) is 13.2 Å². The molecule has 0 aliphatic rings. The molecule has 2 rings (SSSR count). The van der Waals surface area contributed by atoms with Crippen molar-refractivity contribution in [3.05, 3.63) is 59.9 Å². The lowest BCUT2D eigenvalue weighted by Crippen LogP contribution is -2.31. The van der Waals surface area contributed by atoms with Crippen LogP contribution in [0, 0.1) is 5.82 Å². The quantitative estimate of drug-likeness (QED) is 0.900. The Hall–Kier alpha value is -2.70. The fraction of sp³-hybridized carbons (Fsp3) is 0.188. The molecule has 0 saturated carbocycles. The highest BCUT2D eigenvalue weighted by Gasteiger charge is 2.12. The zero-order valence-electron chi connectivity index (χ0n) is 12.3. The molecule has 0 aliphatic heterocycles. The monoisotopic (exact) mass is 324 g/mol. The highest BCUT2D eigenvalue weighted by Crippen LogP contribution is 2.17. The van der Waals surface area contributed by atoms with Crippen molar-refractivity contribution in [2.24, 2.45) is 0 Å². The van der Waals surface area contributed by atoms with E-state index in [2.05, 4.69) is 10.1 Å². The number of halogens is 3. The van der Waals surface area contributed by atoms with Gasteiger partial charge in [0.1, 0.15) is 11.6 Å². The predicted octanol–water partition coefficient (Wildman–Crippen LogP) is 4.09. The van der Waals surface area contributed by atoms with Gasteiger partial charge >= 0.3 is 12.6 Å². The smallest absolute Gasteiger partial charge is 0.387 e. The molecular weight excluding hydrogens is 309 g/mol. The largest absolute Gasteiger partial charge is 0.435 e. The van der Waals surface area contributed by atoms with Crippen LogP contribution in [0.4, 0.5) is 23.7 Å². The molecule has 0 atom stereocenters. The lowest BCUT2D eigenvalue weighted by Gasteiger charge is -2.18. The van der Waals surface area contributed by atoms with Gasteiger partial charge in [-0.25, -0.2) is 9.18 Å². The van der Waals surface area contributed by atoms with Gasteiger partial charge < -0.3 is 15.0 Å². The Bertz CT molecular complexity index is 663. The molecule has 2 aromatic rings. The van der Waals surface area contributed by atoms with Gasteiger partial charge in [0.25, 0.3) is 0 Å². The molecule has 4 nitrogen and oxygen atoms in total. The predicted molar refractivity (Wildman–Crippen MR) is 80.0 cm³/mol. The molecule has 0 unspecified atom stereocenters. The van der Waals surface area contributed by atoms with Crippen molar-refractivity contribution in [1.29, 1.82) is 0 Å². The van der Waals surface area contributed by atoms with Gasteiger partial charge in [0, 0.05) is 13.6 Å². The van der Waals surface area contributed by atoms with Crippen molar-refractivity contribution in [3.8, 4) is 5.75 Å². The molecule has 0 fully saturated rings. The maximum atomic E-state index is 13.5. The minimum Gasteiger partial charge on any atom is -0.435 e. The second-order valence-corrected chi connectivity index (χ2v) is 4.79. The van der Waals surface area contributed by atoms with E-state index in [1.807, 2.05) is 0 Å². The number of amides is 2. The Balaban J connectivity index is 1.94. The molecule has 7 heteroatoms. The van der Waals surface area contributed by atoms with E-state index >= 15 is 0 Å². The maximum absolute atomic E-state index is 13.5. The summed E-state index contributed by atoms with van der Waals surface area (Å²) in [7, 11) is 1.54. The summed E-state index contributed by atoms with van der Waals surface area (Å²) >= 11 is 0. The molecule has 23 heavy (non-hydrogen) atoms. The van der Waals surface area contributed by atoms with Gasteiger partial charge in [-0.1, -0.05) is 24.3 Å². The summed E-state index contributed by atoms with van der Waals surface area (Å²) in [5, 5.41) is 2.46. The SMILES string of the molecule is CN(Cc1ccc(OC(F)F)cc1)C(=O)Nc1ccccc1F. The Kier molecular flexibility index (Phi) is 5.46. The Morgan fingerprint density at radius 2 is 1.83 bits per heavy atom. The van der Waals surface area contributed by atoms with E-state index in [1.165, 1.54) is 35.2 Å². The van der Waals surface area contributed by atoms with E-state index in [0.29, 0.717) is 0 Å². The lowest BCUT2D eigenvalue weighted by atomic mass is 10.2. The summed E-state index contributed by atoms with van der Waals surface area (Å²) < 4.78 is 41.9. The molecular formula is C16H15F3N2O2. The summed E-state index contributed by atoms with van der Waals surface area (Å²) in [6.45, 7) is -2.65. The first kappa shape index (κ1) is 16.7. The topological polar surface area (TPSA) is 41.6 Å². The Labute approximate surface area is 131 Å². The van der Waals surface area contributed by atoms with Crippen LogP contribution in [0.3, 0.4) is 0 Å². The molecule has 122 valence electrons. The molecule has 0 heterocycles. The van der Waals surface area contributed by atoms with Gasteiger partial charge in [-0.3, -0.25) is 0 Å². The van der Waals surface area contributed by atoms with Crippen LogP contribution >= 0.6 is 0 Å². The molecule has 0 aliphatic carbocycles. The van der Waals surface area contributed by atoms with E-state index in [-0.39, 0.29) is 18.0 Å². The summed E-state index contributed by atoms with van der Waals surface area (Å²) in [6, 6.07) is 11.3. The Morgan fingerprint density at radius 1 is 1.17 bits per heavy atom. The van der Waals surface area contributed by atoms with E-state index in [1.54, 1.807) is 25.2 Å². The maximum Gasteiger partial charge on any atom is 0.387 e. The highest BCUT2D eigenvalue weighted by atomic mass is 19.3. The van der Waals surface area contributed by atoms with Crippen molar-refractivity contribution >= 4 is 11.7 Å². The third-order valence-electron chi connectivity index (χ3n) is 3.03. The minimum absolute atomic E-state index is 0.0437. The number of para-hydroxylation sites is 1. The van der Waals surface area contributed by atoms with Crippen LogP contribution in [0.1, 0.15) is 5.56 Å². The minimum atomic E-state index is -2.88. The number of ether oxygens (including phenoxy) is 1. The number of benzene rings is 2. The van der Waals surface area contributed by atoms with Crippen LogP contribution in [-0.2, 0) is 6.54 Å². The number of anilines is 1. The van der Waals surface area contributed by atoms with E-state index in [9.17, 15) is 18.0 Å². The summed E-state index contributed by atoms with van der Waals surface area (Å²) in [5.74, 6) is -0.482. The zero-order chi connectivity index (χ0) is 16.8. The average Bonchev–Trinajstić information content (AvgIpc) is 2.51. The number of urea groups is 1. The molecule has 0 aromatic heterocycles. The van der Waals surface area contributed by atoms with Crippen molar-refractivity contribution in [2.75, 3.05) is 12.4 Å². The number of rotatable bonds is 5. The molecule has 0 spiro atoms. The van der Waals surface area contributed by atoms with Crippen LogP contribution in [0.25, 0.3) is 0 Å². The van der Waals surface area contributed by atoms with Crippen LogP contribution in [-0.4, -0.2) is 24.6 Å². The van der Waals surface area contributed by atoms with Gasteiger partial charge in [-0.2, -0.15) is 8.78 Å². The van der Waals surface area contributed by atoms with Gasteiger partial charge in [0.15, 0.2) is 0 Å². The van der Waals surface area contributed by atoms with Gasteiger partial charge in [-0.05, 0) is 29.8 Å². The number of alkyl halides is 2. The van der Waals surface area contributed by atoms with Gasteiger partial charge in [0.05, 0.1) is 5.69 Å². The number of nitrogens with one attached hydrogen (secondary N) is 1. The van der Waals surface area contributed by atoms with Crippen LogP contribution in [0.2, 0.25) is 0 Å². The first-order chi connectivity index (χ1) is 11.0. The fourth-order valence-electron chi connectivity index (χ4n) is 1.90. The second kappa shape index (κ2) is 7.53. The third-order valence-corrected chi connectivity index (χ3v) is 3.03. The normalized spacial score (nSPS) is 10.5. The number of carbonyl (C=O) groups excluding carboxylic acids is 1. The summed E-state index contributed by atoms with van der Waals surface area (Å²) in [4.78, 5) is 13.3. The molecule has 1 N–H and O–H groups in total. The average molecular weight is 324 g/mol. The number of hydrogen-bond donors (Lipinski definition) is 1. The summed E-state index contributed by atoms with van der Waals surface area (Å²) in [5.41, 5.74) is 0.808. The van der Waals surface area contributed by atoms with E-state index in [0.717, 1.165) is 5.56 Å². The van der Waals surface area contributed by atoms with E-state index < -0.39 is 18.5 Å². The third kappa shape index (κ3) is 4.91. The van der Waals surface area contributed by atoms with Crippen LogP contribution in [0.15, 0.2) is 48.5 Å². The first-order valence-corrected chi connectivity index (χ1v) is 6.76. The number of nitrogens with zero attached hydrogens (tertiary/aromatic N) is 1. The molecule has 2 aromatic carbocycles. The first-order valence-electron chi connectivity index (χ1n) is 6.76. The number of carbonyl (C=O) groups is 1. The van der Waals surface area contributed by atoms with Crippen molar-refractivity contribution in [1.82, 2.24) is 4.90 Å². The number of hydrogen-bond acceptors (Lipinski definition) is 2. The highest BCUT2D eigenvalue weighted by molar-refractivity contribution is 5.89. The molecule has 0 saturated heterocycles. The molecule has 0 bridgehead atoms. The Morgan fingerprint density at radius 3 is 2.43 bits per heavy atom. The van der Waals surface area contributed by atoms with Gasteiger partial charge in [0.2, 0.25) is 0 Å². The van der Waals surface area contributed by atoms with Crippen molar-refractivity contribution < 1.29 is 22.7 Å². The van der Waals surface area contributed by atoms with E-state index in [4.69, 9.17) is 0 Å². The van der Waals surface area contributed by atoms with Crippen LogP contribution in [0.5, 0.6) is 5.75 Å². The summed E-state index contributed by atoms with van der Waals surface area (Å²) in [6.07, 6.45) is 0. The molecule has 2 amide bonds. The van der Waals surface area contributed by atoms with Gasteiger partial charge in [-0.15, -0.1) is 0 Å². The zero-order valence-corrected chi connectivity index (χ0v) is 12.3. The van der Waals surface area contributed by atoms with Crippen LogP contribution < -0.4 is 10.1 Å². The standard InChI is InChI=1S/C16H15F3N2O2/c1-21(16(22)20-14-5-3-2-4-13(14)17)10-11-6-8-12(9-7-11)23-15(18)19/h2-9,15H,10H2,1H3,(H,20,22). The lowest BCUT2D eigenvalue weighted by molar-refractivity contribution is -0.0498. The second-order valence-electron chi connectivity index (χ2n) is 4.79.